The highest BCUT2D eigenvalue weighted by atomic mass is 31.2. The zero-order chi connectivity index (χ0) is 30.2. The van der Waals surface area contributed by atoms with Crippen molar-refractivity contribution in [2.75, 3.05) is 20.3 Å². The number of nitrogens with one attached hydrogen (secondary N) is 2. The standard InChI is InChI=1S/C25H34N3O12P/c1-4-5-13-37-20(30)14-17(22(32)36-3)27-41(35,40-16-9-7-6-8-10-16)38-15-18-21(31)25(2,34)23(39-18)28-12-11-19(29)26-24(28)33/h6-10,12,17-18,21,23,31,34H,4-5,11,13-15H2,1-3H3,(H-,26,27,29,33,35)/p+1/t17-,18+,21+,23+,25+,41+/m0/s1. The Bertz CT molecular complexity index is 1190. The van der Waals surface area contributed by atoms with Crippen molar-refractivity contribution in [3.8, 4) is 5.75 Å². The lowest BCUT2D eigenvalue weighted by molar-refractivity contribution is -0.546. The number of aliphatic hydroxyl groups excluding tert-OH is 1. The van der Waals surface area contributed by atoms with E-state index in [1.807, 2.05) is 6.92 Å². The van der Waals surface area contributed by atoms with Crippen LogP contribution in [0.5, 0.6) is 5.75 Å². The first-order valence-corrected chi connectivity index (χ1v) is 14.5. The predicted molar refractivity (Wildman–Crippen MR) is 140 cm³/mol. The predicted octanol–water partition coefficient (Wildman–Crippen LogP) is 0.615. The number of carbonyl (C=O) groups excluding carboxylic acids is 4. The van der Waals surface area contributed by atoms with E-state index in [2.05, 4.69) is 10.4 Å². The van der Waals surface area contributed by atoms with Crippen molar-refractivity contribution in [2.24, 2.45) is 0 Å². The summed E-state index contributed by atoms with van der Waals surface area (Å²) in [5.74, 6) is -2.17. The highest BCUT2D eigenvalue weighted by molar-refractivity contribution is 7.52. The van der Waals surface area contributed by atoms with E-state index in [0.29, 0.717) is 6.42 Å². The first-order chi connectivity index (χ1) is 19.4. The van der Waals surface area contributed by atoms with Gasteiger partial charge in [0, 0.05) is 0 Å². The number of nitrogens with zero attached hydrogens (tertiary/aromatic N) is 1. The van der Waals surface area contributed by atoms with Gasteiger partial charge in [-0.2, -0.15) is 19.8 Å². The first-order valence-electron chi connectivity index (χ1n) is 12.9. The number of methoxy groups -OCH3 is 1. The lowest BCUT2D eigenvalue weighted by Gasteiger charge is -2.26. The summed E-state index contributed by atoms with van der Waals surface area (Å²) < 4.78 is 41.5. The molecule has 6 atom stereocenters. The van der Waals surface area contributed by atoms with Gasteiger partial charge in [-0.1, -0.05) is 31.5 Å². The fourth-order valence-electron chi connectivity index (χ4n) is 4.03. The van der Waals surface area contributed by atoms with E-state index in [-0.39, 0.29) is 18.8 Å². The third-order valence-electron chi connectivity index (χ3n) is 6.27. The van der Waals surface area contributed by atoms with Crippen LogP contribution in [0, 0.1) is 0 Å². The Balaban J connectivity index is 1.80. The molecule has 4 N–H and O–H groups in total. The highest BCUT2D eigenvalue weighted by Crippen LogP contribution is 2.46. The Hall–Kier alpha value is -3.20. The van der Waals surface area contributed by atoms with Crippen molar-refractivity contribution >= 4 is 37.8 Å². The van der Waals surface area contributed by atoms with Crippen molar-refractivity contribution < 1.29 is 61.8 Å². The summed E-state index contributed by atoms with van der Waals surface area (Å²) in [6, 6.07) is 5.44. The number of rotatable bonds is 14. The summed E-state index contributed by atoms with van der Waals surface area (Å²) in [5.41, 5.74) is -2.03. The molecule has 3 amide bonds. The summed E-state index contributed by atoms with van der Waals surface area (Å²) in [5, 5.41) is 26.2. The highest BCUT2D eigenvalue weighted by Gasteiger charge is 2.58. The molecule has 1 aromatic carbocycles. The van der Waals surface area contributed by atoms with E-state index in [0.717, 1.165) is 18.1 Å². The summed E-state index contributed by atoms with van der Waals surface area (Å²) >= 11 is 0. The molecule has 41 heavy (non-hydrogen) atoms. The minimum absolute atomic E-state index is 0.0829. The Kier molecular flexibility index (Phi) is 11.1. The molecule has 2 aliphatic rings. The van der Waals surface area contributed by atoms with Gasteiger partial charge in [0.25, 0.3) is 0 Å². The maximum atomic E-state index is 13.9. The number of aliphatic hydroxyl groups is 2. The number of benzene rings is 1. The number of unbranched alkanes of at least 4 members (excludes halogenated alkanes) is 1. The summed E-state index contributed by atoms with van der Waals surface area (Å²) in [7, 11) is -3.44. The van der Waals surface area contributed by atoms with Crippen LogP contribution in [-0.2, 0) is 37.7 Å². The molecule has 0 bridgehead atoms. The fourth-order valence-corrected chi connectivity index (χ4v) is 5.53. The number of hydrogen-bond acceptors (Lipinski definition) is 12. The third kappa shape index (κ3) is 8.41. The molecule has 226 valence electrons. The van der Waals surface area contributed by atoms with Crippen molar-refractivity contribution in [3.05, 3.63) is 30.3 Å². The molecule has 1 saturated heterocycles. The lowest BCUT2D eigenvalue weighted by atomic mass is 9.96. The molecule has 0 spiro atoms. The van der Waals surface area contributed by atoms with Crippen molar-refractivity contribution in [3.63, 3.8) is 0 Å². The van der Waals surface area contributed by atoms with E-state index < -0.39 is 74.7 Å². The van der Waals surface area contributed by atoms with E-state index >= 15 is 0 Å². The van der Waals surface area contributed by atoms with Gasteiger partial charge in [-0.05, 0) is 25.5 Å². The maximum Gasteiger partial charge on any atom is 0.500 e. The molecule has 0 unspecified atom stereocenters. The van der Waals surface area contributed by atoms with Crippen molar-refractivity contribution in [2.45, 2.75) is 69.6 Å². The van der Waals surface area contributed by atoms with Gasteiger partial charge in [0.1, 0.15) is 30.4 Å². The first kappa shape index (κ1) is 32.3. The third-order valence-corrected chi connectivity index (χ3v) is 7.84. The van der Waals surface area contributed by atoms with Gasteiger partial charge in [-0.25, -0.2) is 9.36 Å². The number of imide groups is 1. The number of amides is 3. The Morgan fingerprint density at radius 3 is 2.63 bits per heavy atom. The molecule has 1 fully saturated rings. The quantitative estimate of drug-likeness (QED) is 0.100. The minimum atomic E-state index is -4.52. The van der Waals surface area contributed by atoms with E-state index in [9.17, 15) is 34.0 Å². The van der Waals surface area contributed by atoms with E-state index in [4.69, 9.17) is 23.3 Å². The Morgan fingerprint density at radius 2 is 2.00 bits per heavy atom. The van der Waals surface area contributed by atoms with Gasteiger partial charge >= 0.3 is 31.6 Å². The SMILES string of the molecule is CCCCOC(=O)C[C@H](N[P@@](=O)(OC[C@H]1O[C@@H]([N+]2=CCC(=O)NC2=O)[C@](C)(O)[C@@H]1O)Oc1ccccc1)C(=O)OC. The minimum Gasteiger partial charge on any atom is -0.468 e. The molecular weight excluding hydrogens is 565 g/mol. The second kappa shape index (κ2) is 14.1. The smallest absolute Gasteiger partial charge is 0.468 e. The maximum absolute atomic E-state index is 13.9. The van der Waals surface area contributed by atoms with Gasteiger partial charge in [0.15, 0.2) is 5.60 Å². The average Bonchev–Trinajstić information content (AvgIpc) is 3.15. The molecule has 2 heterocycles. The van der Waals surface area contributed by atoms with Crippen molar-refractivity contribution in [1.29, 1.82) is 0 Å². The normalized spacial score (nSPS) is 26.4. The van der Waals surface area contributed by atoms with E-state index in [1.54, 1.807) is 18.2 Å². The monoisotopic (exact) mass is 600 g/mol. The molecule has 1 aromatic rings. The van der Waals surface area contributed by atoms with Crippen LogP contribution in [0.3, 0.4) is 0 Å². The zero-order valence-electron chi connectivity index (χ0n) is 22.9. The lowest BCUT2D eigenvalue weighted by Crippen LogP contribution is -2.55. The van der Waals surface area contributed by atoms with Gasteiger partial charge < -0.3 is 28.9 Å². The molecule has 16 heteroatoms. The van der Waals surface area contributed by atoms with Crippen LogP contribution in [0.25, 0.3) is 0 Å². The second-order valence-electron chi connectivity index (χ2n) is 9.53. The van der Waals surface area contributed by atoms with Gasteiger partial charge in [0.05, 0.1) is 33.0 Å². The molecule has 15 nitrogen and oxygen atoms in total. The summed E-state index contributed by atoms with van der Waals surface area (Å²) in [6.45, 7) is 2.61. The van der Waals surface area contributed by atoms with Gasteiger partial charge in [0.2, 0.25) is 6.23 Å². The van der Waals surface area contributed by atoms with Crippen LogP contribution in [0.15, 0.2) is 30.3 Å². The van der Waals surface area contributed by atoms with Gasteiger partial charge in [-0.15, -0.1) is 0 Å². The number of hydrogen-bond donors (Lipinski definition) is 4. The zero-order valence-corrected chi connectivity index (χ0v) is 23.8. The number of para-hydroxylation sites is 1. The average molecular weight is 601 g/mol. The van der Waals surface area contributed by atoms with Crippen LogP contribution < -0.4 is 14.9 Å². The van der Waals surface area contributed by atoms with Crippen molar-refractivity contribution in [1.82, 2.24) is 10.4 Å². The number of urea groups is 1. The molecule has 0 aromatic heterocycles. The molecule has 0 radical (unpaired) electrons. The largest absolute Gasteiger partial charge is 0.500 e. The summed E-state index contributed by atoms with van der Waals surface area (Å²) in [4.78, 5) is 48.6. The summed E-state index contributed by atoms with van der Waals surface area (Å²) in [6.07, 6.45) is -2.55. The number of ether oxygens (including phenoxy) is 3. The molecule has 3 rings (SSSR count). The topological polar surface area (TPSA) is 199 Å². The molecule has 2 aliphatic heterocycles. The molecule has 0 saturated carbocycles. The molecular formula is C25H35N3O12P+. The number of esters is 2. The van der Waals surface area contributed by atoms with Crippen LogP contribution in [0.1, 0.15) is 39.5 Å². The van der Waals surface area contributed by atoms with Crippen LogP contribution in [0.2, 0.25) is 0 Å². The Labute approximate surface area is 236 Å². The fraction of sp³-hybridized carbons (Fsp3) is 0.560. The van der Waals surface area contributed by atoms with E-state index in [1.165, 1.54) is 25.3 Å². The second-order valence-corrected chi connectivity index (χ2v) is 11.2. The molecule has 0 aliphatic carbocycles. The van der Waals surface area contributed by atoms with Crippen LogP contribution in [0.4, 0.5) is 4.79 Å². The Morgan fingerprint density at radius 1 is 1.29 bits per heavy atom. The van der Waals surface area contributed by atoms with Crippen LogP contribution >= 0.6 is 7.75 Å². The number of carbonyl (C=O) groups is 4. The van der Waals surface area contributed by atoms with Crippen LogP contribution in [-0.4, -0.2) is 95.3 Å². The van der Waals surface area contributed by atoms with Gasteiger partial charge in [-0.3, -0.25) is 14.1 Å².